The Morgan fingerprint density at radius 2 is 1.28 bits per heavy atom. The van der Waals surface area contributed by atoms with Gasteiger partial charge in [-0.15, -0.1) is 0 Å². The van der Waals surface area contributed by atoms with Gasteiger partial charge in [0.15, 0.2) is 8.32 Å². The second kappa shape index (κ2) is 6.56. The van der Waals surface area contributed by atoms with Crippen LogP contribution in [0, 0.1) is 23.7 Å². The topological polar surface area (TPSA) is 9.23 Å². The van der Waals surface area contributed by atoms with E-state index < -0.39 is 8.32 Å². The second-order valence-corrected chi connectivity index (χ2v) is 12.5. The molecule has 1 aliphatic rings. The lowest BCUT2D eigenvalue weighted by Crippen LogP contribution is -2.38. The van der Waals surface area contributed by atoms with Gasteiger partial charge in [-0.2, -0.15) is 0 Å². The standard InChI is InChI=1S/C16H34OSi/c1-12(2)10-14-8-9-15(11-13(3)4)16(14)17-18(5,6)7/h12-16H,8-11H2,1-7H3. The molecule has 0 heterocycles. The summed E-state index contributed by atoms with van der Waals surface area (Å²) in [5.74, 6) is 3.25. The summed E-state index contributed by atoms with van der Waals surface area (Å²) in [6.07, 6.45) is 6.05. The van der Waals surface area contributed by atoms with Gasteiger partial charge in [-0.1, -0.05) is 27.7 Å². The van der Waals surface area contributed by atoms with E-state index >= 15 is 0 Å². The maximum absolute atomic E-state index is 6.56. The summed E-state index contributed by atoms with van der Waals surface area (Å²) >= 11 is 0. The zero-order chi connectivity index (χ0) is 13.9. The van der Waals surface area contributed by atoms with Gasteiger partial charge in [0.25, 0.3) is 0 Å². The van der Waals surface area contributed by atoms with Crippen molar-refractivity contribution in [3.63, 3.8) is 0 Å². The van der Waals surface area contributed by atoms with Crippen LogP contribution in [0.2, 0.25) is 19.6 Å². The lowest BCUT2D eigenvalue weighted by atomic mass is 9.89. The Kier molecular flexibility index (Phi) is 5.92. The number of rotatable bonds is 6. The molecule has 0 saturated heterocycles. The van der Waals surface area contributed by atoms with Crippen LogP contribution in [0.4, 0.5) is 0 Å². The van der Waals surface area contributed by atoms with Crippen molar-refractivity contribution >= 4 is 8.32 Å². The third-order valence-corrected chi connectivity index (χ3v) is 4.85. The molecule has 18 heavy (non-hydrogen) atoms. The van der Waals surface area contributed by atoms with E-state index in [1.165, 1.54) is 25.7 Å². The Bertz CT molecular complexity index is 224. The van der Waals surface area contributed by atoms with Gasteiger partial charge in [0.1, 0.15) is 0 Å². The molecule has 0 spiro atoms. The molecule has 2 unspecified atom stereocenters. The maximum atomic E-state index is 6.56. The fourth-order valence-corrected chi connectivity index (χ4v) is 4.66. The van der Waals surface area contributed by atoms with Gasteiger partial charge in [-0.25, -0.2) is 0 Å². The minimum absolute atomic E-state index is 0.557. The molecule has 1 saturated carbocycles. The summed E-state index contributed by atoms with van der Waals surface area (Å²) in [5.41, 5.74) is 0. The normalized spacial score (nSPS) is 29.5. The number of hydrogen-bond acceptors (Lipinski definition) is 1. The zero-order valence-corrected chi connectivity index (χ0v) is 14.6. The van der Waals surface area contributed by atoms with Crippen LogP contribution in [0.25, 0.3) is 0 Å². The third kappa shape index (κ3) is 5.44. The van der Waals surface area contributed by atoms with Crippen molar-refractivity contribution in [2.75, 3.05) is 0 Å². The molecule has 0 bridgehead atoms. The van der Waals surface area contributed by atoms with Crippen molar-refractivity contribution in [2.24, 2.45) is 23.7 Å². The van der Waals surface area contributed by atoms with Crippen molar-refractivity contribution in [3.05, 3.63) is 0 Å². The largest absolute Gasteiger partial charge is 0.414 e. The molecule has 2 heteroatoms. The molecule has 0 amide bonds. The monoisotopic (exact) mass is 270 g/mol. The van der Waals surface area contributed by atoms with Crippen LogP contribution >= 0.6 is 0 Å². The Labute approximate surface area is 116 Å². The van der Waals surface area contributed by atoms with E-state index in [0.29, 0.717) is 6.10 Å². The molecule has 0 N–H and O–H groups in total. The molecule has 0 aromatic rings. The van der Waals surface area contributed by atoms with E-state index in [0.717, 1.165) is 23.7 Å². The number of hydrogen-bond donors (Lipinski definition) is 0. The molecule has 0 aromatic heterocycles. The van der Waals surface area contributed by atoms with E-state index in [4.69, 9.17) is 4.43 Å². The summed E-state index contributed by atoms with van der Waals surface area (Å²) in [6.45, 7) is 16.4. The van der Waals surface area contributed by atoms with Crippen molar-refractivity contribution < 1.29 is 4.43 Å². The minimum Gasteiger partial charge on any atom is -0.414 e. The minimum atomic E-state index is -1.41. The lowest BCUT2D eigenvalue weighted by Gasteiger charge is -2.33. The molecule has 0 radical (unpaired) electrons. The van der Waals surface area contributed by atoms with E-state index in [9.17, 15) is 0 Å². The molecule has 108 valence electrons. The van der Waals surface area contributed by atoms with Gasteiger partial charge in [0, 0.05) is 0 Å². The van der Waals surface area contributed by atoms with Gasteiger partial charge in [-0.3, -0.25) is 0 Å². The van der Waals surface area contributed by atoms with E-state index in [1.54, 1.807) is 0 Å². The molecular weight excluding hydrogens is 236 g/mol. The average Bonchev–Trinajstić information content (AvgIpc) is 2.46. The Hall–Kier alpha value is 0.177. The van der Waals surface area contributed by atoms with Crippen molar-refractivity contribution in [1.29, 1.82) is 0 Å². The Morgan fingerprint density at radius 1 is 0.889 bits per heavy atom. The lowest BCUT2D eigenvalue weighted by molar-refractivity contribution is 0.0901. The predicted molar refractivity (Wildman–Crippen MR) is 83.3 cm³/mol. The van der Waals surface area contributed by atoms with Crippen molar-refractivity contribution in [2.45, 2.75) is 79.1 Å². The summed E-state index contributed by atoms with van der Waals surface area (Å²) in [5, 5.41) is 0. The summed E-state index contributed by atoms with van der Waals surface area (Å²) in [4.78, 5) is 0. The summed E-state index contributed by atoms with van der Waals surface area (Å²) in [7, 11) is -1.41. The van der Waals surface area contributed by atoms with Crippen molar-refractivity contribution in [1.82, 2.24) is 0 Å². The first-order chi connectivity index (χ1) is 8.19. The van der Waals surface area contributed by atoms with Crippen LogP contribution in [-0.4, -0.2) is 14.4 Å². The van der Waals surface area contributed by atoms with E-state index in [-0.39, 0.29) is 0 Å². The molecule has 1 aliphatic carbocycles. The predicted octanol–water partition coefficient (Wildman–Crippen LogP) is 5.32. The van der Waals surface area contributed by atoms with Gasteiger partial charge < -0.3 is 4.43 Å². The van der Waals surface area contributed by atoms with E-state index in [2.05, 4.69) is 47.3 Å². The summed E-state index contributed by atoms with van der Waals surface area (Å²) in [6, 6.07) is 0. The highest BCUT2D eigenvalue weighted by atomic mass is 28.4. The molecular formula is C16H34OSi. The SMILES string of the molecule is CC(C)CC1CCC(CC(C)C)C1O[Si](C)(C)C. The van der Waals surface area contributed by atoms with Crippen molar-refractivity contribution in [3.8, 4) is 0 Å². The van der Waals surface area contributed by atoms with Gasteiger partial charge in [0.05, 0.1) is 6.10 Å². The van der Waals surface area contributed by atoms with Crippen LogP contribution in [0.15, 0.2) is 0 Å². The van der Waals surface area contributed by atoms with Crippen LogP contribution in [0.5, 0.6) is 0 Å². The quantitative estimate of drug-likeness (QED) is 0.593. The highest BCUT2D eigenvalue weighted by Crippen LogP contribution is 2.41. The first kappa shape index (κ1) is 16.2. The molecule has 2 atom stereocenters. The Balaban J connectivity index is 2.69. The second-order valence-electron chi connectivity index (χ2n) is 8.05. The van der Waals surface area contributed by atoms with Gasteiger partial charge in [-0.05, 0) is 69.0 Å². The van der Waals surface area contributed by atoms with Crippen LogP contribution in [0.1, 0.15) is 53.4 Å². The zero-order valence-electron chi connectivity index (χ0n) is 13.6. The maximum Gasteiger partial charge on any atom is 0.184 e. The first-order valence-electron chi connectivity index (χ1n) is 7.87. The fourth-order valence-electron chi connectivity index (χ4n) is 3.46. The Morgan fingerprint density at radius 3 is 1.56 bits per heavy atom. The molecule has 0 aliphatic heterocycles. The van der Waals surface area contributed by atoms with Gasteiger partial charge >= 0.3 is 0 Å². The molecule has 1 fully saturated rings. The molecule has 1 rings (SSSR count). The highest BCUT2D eigenvalue weighted by molar-refractivity contribution is 6.69. The summed E-state index contributed by atoms with van der Waals surface area (Å²) < 4.78 is 6.56. The molecule has 0 aromatic carbocycles. The third-order valence-electron chi connectivity index (χ3n) is 3.88. The smallest absolute Gasteiger partial charge is 0.184 e. The first-order valence-corrected chi connectivity index (χ1v) is 11.3. The van der Waals surface area contributed by atoms with E-state index in [1.807, 2.05) is 0 Å². The highest BCUT2D eigenvalue weighted by Gasteiger charge is 2.39. The van der Waals surface area contributed by atoms with Crippen LogP contribution in [-0.2, 0) is 4.43 Å². The van der Waals surface area contributed by atoms with Gasteiger partial charge in [0.2, 0.25) is 0 Å². The van der Waals surface area contributed by atoms with Crippen LogP contribution < -0.4 is 0 Å². The molecule has 1 nitrogen and oxygen atoms in total. The average molecular weight is 271 g/mol. The fraction of sp³-hybridized carbons (Fsp3) is 1.00. The van der Waals surface area contributed by atoms with Crippen LogP contribution in [0.3, 0.4) is 0 Å².